The van der Waals surface area contributed by atoms with E-state index in [0.717, 1.165) is 25.3 Å². The van der Waals surface area contributed by atoms with Gasteiger partial charge < -0.3 is 14.4 Å². The van der Waals surface area contributed by atoms with Crippen LogP contribution in [0, 0.1) is 0 Å². The van der Waals surface area contributed by atoms with E-state index in [4.69, 9.17) is 9.47 Å². The molecule has 134 valence electrons. The molecular formula is C18H24F3NO2. The van der Waals surface area contributed by atoms with Crippen LogP contribution >= 0.6 is 0 Å². The number of hydrogen-bond donors (Lipinski definition) is 0. The predicted octanol–water partition coefficient (Wildman–Crippen LogP) is 4.67. The average Bonchev–Trinajstić information content (AvgIpc) is 3.18. The lowest BCUT2D eigenvalue weighted by molar-refractivity contribution is -0.0905. The predicted molar refractivity (Wildman–Crippen MR) is 85.0 cm³/mol. The molecule has 2 atom stereocenters. The van der Waals surface area contributed by atoms with Gasteiger partial charge in [0.2, 0.25) is 0 Å². The second-order valence-electron chi connectivity index (χ2n) is 7.12. The van der Waals surface area contributed by atoms with Crippen LogP contribution < -0.4 is 0 Å². The summed E-state index contributed by atoms with van der Waals surface area (Å²) < 4.78 is 52.1. The second-order valence-corrected chi connectivity index (χ2v) is 7.12. The van der Waals surface area contributed by atoms with E-state index < -0.39 is 17.4 Å². The zero-order valence-corrected chi connectivity index (χ0v) is 14.5. The first kappa shape index (κ1) is 17.4. The molecule has 3 heterocycles. The molecule has 0 aromatic rings. The van der Waals surface area contributed by atoms with E-state index in [0.29, 0.717) is 18.0 Å². The highest BCUT2D eigenvalue weighted by Crippen LogP contribution is 2.45. The summed E-state index contributed by atoms with van der Waals surface area (Å²) in [5.41, 5.74) is -0.573. The first-order valence-corrected chi connectivity index (χ1v) is 8.43. The standard InChI is InChI=1S/C18H24F3NO2/c1-5-12(18(19,20)21)15-11(2)24-17(3,4)10-13(15)22-9-7-6-8-14-16(22)23-14/h5,10,14,16H,6-9H2,1-4H3/b12-5+. The molecule has 0 radical (unpaired) electrons. The first-order valence-electron chi connectivity index (χ1n) is 8.43. The second kappa shape index (κ2) is 5.83. The Hall–Kier alpha value is -1.43. The van der Waals surface area contributed by atoms with Gasteiger partial charge in [-0.25, -0.2) is 0 Å². The maximum atomic E-state index is 13.6. The topological polar surface area (TPSA) is 25.0 Å². The Morgan fingerprint density at radius 1 is 1.33 bits per heavy atom. The van der Waals surface area contributed by atoms with Gasteiger partial charge in [-0.2, -0.15) is 13.2 Å². The van der Waals surface area contributed by atoms with Crippen molar-refractivity contribution in [2.24, 2.45) is 0 Å². The molecule has 2 saturated heterocycles. The fraction of sp³-hybridized carbons (Fsp3) is 0.667. The van der Waals surface area contributed by atoms with Crippen LogP contribution in [0.2, 0.25) is 0 Å². The monoisotopic (exact) mass is 343 g/mol. The van der Waals surface area contributed by atoms with Crippen LogP contribution in [0.25, 0.3) is 0 Å². The van der Waals surface area contributed by atoms with E-state index in [1.165, 1.54) is 6.92 Å². The van der Waals surface area contributed by atoms with Crippen molar-refractivity contribution in [1.29, 1.82) is 0 Å². The molecule has 0 bridgehead atoms. The molecule has 3 aliphatic rings. The number of epoxide rings is 1. The molecule has 2 fully saturated rings. The lowest BCUT2D eigenvalue weighted by atomic mass is 9.92. The van der Waals surface area contributed by atoms with Crippen LogP contribution in [0.3, 0.4) is 0 Å². The Morgan fingerprint density at radius 3 is 2.67 bits per heavy atom. The van der Waals surface area contributed by atoms with Crippen molar-refractivity contribution < 1.29 is 22.6 Å². The Balaban J connectivity index is 2.06. The van der Waals surface area contributed by atoms with Gasteiger partial charge in [0, 0.05) is 17.8 Å². The van der Waals surface area contributed by atoms with Gasteiger partial charge in [-0.15, -0.1) is 0 Å². The number of likely N-dealkylation sites (tertiary alicyclic amines) is 1. The van der Waals surface area contributed by atoms with Gasteiger partial charge in [-0.05, 0) is 53.0 Å². The fourth-order valence-corrected chi connectivity index (χ4v) is 3.69. The zero-order chi connectivity index (χ0) is 17.7. The highest BCUT2D eigenvalue weighted by Gasteiger charge is 2.49. The number of rotatable bonds is 2. The molecule has 3 rings (SSSR count). The van der Waals surface area contributed by atoms with E-state index in [1.807, 2.05) is 18.7 Å². The fourth-order valence-electron chi connectivity index (χ4n) is 3.69. The highest BCUT2D eigenvalue weighted by molar-refractivity contribution is 5.52. The summed E-state index contributed by atoms with van der Waals surface area (Å²) in [5.74, 6) is 0.310. The molecular weight excluding hydrogens is 319 g/mol. The molecule has 3 nitrogen and oxygen atoms in total. The molecule has 0 aromatic heterocycles. The van der Waals surface area contributed by atoms with Crippen LogP contribution in [0.15, 0.2) is 34.8 Å². The lowest BCUT2D eigenvalue weighted by Gasteiger charge is -2.37. The normalized spacial score (nSPS) is 30.4. The van der Waals surface area contributed by atoms with Gasteiger partial charge in [0.25, 0.3) is 0 Å². The van der Waals surface area contributed by atoms with Gasteiger partial charge >= 0.3 is 6.18 Å². The molecule has 6 heteroatoms. The van der Waals surface area contributed by atoms with Crippen molar-refractivity contribution in [2.45, 2.75) is 71.1 Å². The molecule has 24 heavy (non-hydrogen) atoms. The van der Waals surface area contributed by atoms with Crippen molar-refractivity contribution in [3.05, 3.63) is 34.8 Å². The molecule has 2 unspecified atom stereocenters. The van der Waals surface area contributed by atoms with Gasteiger partial charge in [0.1, 0.15) is 17.5 Å². The minimum atomic E-state index is -4.43. The number of hydrogen-bond acceptors (Lipinski definition) is 3. The summed E-state index contributed by atoms with van der Waals surface area (Å²) in [4.78, 5) is 2.00. The van der Waals surface area contributed by atoms with Crippen LogP contribution in [0.4, 0.5) is 13.2 Å². The molecule has 0 aliphatic carbocycles. The third kappa shape index (κ3) is 3.21. The zero-order valence-electron chi connectivity index (χ0n) is 14.5. The maximum absolute atomic E-state index is 13.6. The Morgan fingerprint density at radius 2 is 2.04 bits per heavy atom. The quantitative estimate of drug-likeness (QED) is 0.681. The summed E-state index contributed by atoms with van der Waals surface area (Å²) in [6.07, 6.45) is 1.50. The minimum Gasteiger partial charge on any atom is -0.488 e. The van der Waals surface area contributed by atoms with Gasteiger partial charge in [-0.3, -0.25) is 0 Å². The highest BCUT2D eigenvalue weighted by atomic mass is 19.4. The van der Waals surface area contributed by atoms with E-state index >= 15 is 0 Å². The van der Waals surface area contributed by atoms with Gasteiger partial charge in [-0.1, -0.05) is 6.08 Å². The van der Waals surface area contributed by atoms with Crippen LogP contribution in [-0.2, 0) is 9.47 Å². The summed E-state index contributed by atoms with van der Waals surface area (Å²) in [6, 6.07) is 0. The first-order chi connectivity index (χ1) is 11.1. The van der Waals surface area contributed by atoms with Crippen LogP contribution in [-0.4, -0.2) is 35.6 Å². The molecule has 0 spiro atoms. The lowest BCUT2D eigenvalue weighted by Crippen LogP contribution is -2.37. The summed E-state index contributed by atoms with van der Waals surface area (Å²) >= 11 is 0. The van der Waals surface area contributed by atoms with Crippen LogP contribution in [0.1, 0.15) is 47.0 Å². The number of nitrogens with zero attached hydrogens (tertiary/aromatic N) is 1. The smallest absolute Gasteiger partial charge is 0.416 e. The van der Waals surface area contributed by atoms with Gasteiger partial charge in [0.15, 0.2) is 6.23 Å². The van der Waals surface area contributed by atoms with E-state index in [9.17, 15) is 13.2 Å². The van der Waals surface area contributed by atoms with Crippen molar-refractivity contribution in [1.82, 2.24) is 4.90 Å². The molecule has 0 saturated carbocycles. The van der Waals surface area contributed by atoms with Crippen molar-refractivity contribution in [3.8, 4) is 0 Å². The summed E-state index contributed by atoms with van der Waals surface area (Å²) in [6.45, 7) is 7.45. The molecule has 0 N–H and O–H groups in total. The molecule has 3 aliphatic heterocycles. The maximum Gasteiger partial charge on any atom is 0.416 e. The van der Waals surface area contributed by atoms with Gasteiger partial charge in [0.05, 0.1) is 5.57 Å². The third-order valence-corrected chi connectivity index (χ3v) is 4.68. The molecule has 0 amide bonds. The van der Waals surface area contributed by atoms with Crippen molar-refractivity contribution in [2.75, 3.05) is 6.54 Å². The van der Waals surface area contributed by atoms with E-state index in [1.54, 1.807) is 13.0 Å². The molecule has 0 aromatic carbocycles. The SMILES string of the molecule is C/C=C(\C1=C(C)OC(C)(C)C=C1N1CCCCC2OC21)C(F)(F)F. The van der Waals surface area contributed by atoms with Crippen LogP contribution in [0.5, 0.6) is 0 Å². The Labute approximate surface area is 140 Å². The third-order valence-electron chi connectivity index (χ3n) is 4.68. The number of halogens is 3. The number of ether oxygens (including phenoxy) is 2. The van der Waals surface area contributed by atoms with Crippen molar-refractivity contribution in [3.63, 3.8) is 0 Å². The number of alkyl halides is 3. The Kier molecular flexibility index (Phi) is 4.22. The Bertz CT molecular complexity index is 616. The summed E-state index contributed by atoms with van der Waals surface area (Å²) in [7, 11) is 0. The van der Waals surface area contributed by atoms with E-state index in [-0.39, 0.29) is 17.9 Å². The number of fused-ring (bicyclic) bond motifs is 1. The largest absolute Gasteiger partial charge is 0.488 e. The number of allylic oxidation sites excluding steroid dienone is 3. The average molecular weight is 343 g/mol. The summed E-state index contributed by atoms with van der Waals surface area (Å²) in [5, 5.41) is 0. The van der Waals surface area contributed by atoms with E-state index in [2.05, 4.69) is 0 Å². The minimum absolute atomic E-state index is 0.109. The van der Waals surface area contributed by atoms with Crippen molar-refractivity contribution >= 4 is 0 Å².